The number of nitrogens with two attached hydrogens (primary N) is 1. The molecule has 0 saturated heterocycles. The second kappa shape index (κ2) is 6.15. The lowest BCUT2D eigenvalue weighted by Crippen LogP contribution is -2.24. The molecule has 1 unspecified atom stereocenters. The summed E-state index contributed by atoms with van der Waals surface area (Å²) in [5.41, 5.74) is 7.76. The highest BCUT2D eigenvalue weighted by Crippen LogP contribution is 2.21. The van der Waals surface area contributed by atoms with Crippen molar-refractivity contribution < 1.29 is 4.74 Å². The first kappa shape index (κ1) is 14.7. The first-order valence-corrected chi connectivity index (χ1v) is 6.80. The SMILES string of the molecule is COC(C)(C)CCC(N)c1cnn(-c2ccccc2)n1. The zero-order valence-electron chi connectivity index (χ0n) is 12.3. The van der Waals surface area contributed by atoms with Gasteiger partial charge in [0.15, 0.2) is 0 Å². The van der Waals surface area contributed by atoms with Crippen molar-refractivity contribution in [1.29, 1.82) is 0 Å². The number of para-hydroxylation sites is 1. The number of aromatic nitrogens is 3. The van der Waals surface area contributed by atoms with E-state index in [2.05, 4.69) is 24.0 Å². The maximum absolute atomic E-state index is 6.18. The standard InChI is InChI=1S/C15H22N4O/c1-15(2,20-3)10-9-13(16)14-11-17-19(18-14)12-7-5-4-6-8-12/h4-8,11,13H,9-10,16H2,1-3H3. The van der Waals surface area contributed by atoms with Crippen LogP contribution >= 0.6 is 0 Å². The van der Waals surface area contributed by atoms with Crippen LogP contribution in [0.5, 0.6) is 0 Å². The lowest BCUT2D eigenvalue weighted by Gasteiger charge is -2.23. The Hall–Kier alpha value is -1.72. The summed E-state index contributed by atoms with van der Waals surface area (Å²) in [6.45, 7) is 4.11. The monoisotopic (exact) mass is 274 g/mol. The van der Waals surface area contributed by atoms with Crippen molar-refractivity contribution in [3.8, 4) is 5.69 Å². The van der Waals surface area contributed by atoms with Gasteiger partial charge in [-0.15, -0.1) is 0 Å². The molecule has 108 valence electrons. The third-order valence-electron chi connectivity index (χ3n) is 3.49. The summed E-state index contributed by atoms with van der Waals surface area (Å²) in [7, 11) is 1.72. The van der Waals surface area contributed by atoms with Gasteiger partial charge in [0, 0.05) is 7.11 Å². The molecule has 0 radical (unpaired) electrons. The Morgan fingerprint density at radius 1 is 1.30 bits per heavy atom. The normalized spacial score (nSPS) is 13.4. The Labute approximate surface area is 119 Å². The molecule has 0 saturated carbocycles. The molecule has 1 aromatic heterocycles. The van der Waals surface area contributed by atoms with Gasteiger partial charge in [-0.2, -0.15) is 15.0 Å². The van der Waals surface area contributed by atoms with E-state index in [1.165, 1.54) is 0 Å². The van der Waals surface area contributed by atoms with Crippen LogP contribution < -0.4 is 5.73 Å². The zero-order chi connectivity index (χ0) is 14.6. The molecule has 1 heterocycles. The maximum atomic E-state index is 6.18. The van der Waals surface area contributed by atoms with Crippen LogP contribution in [-0.4, -0.2) is 27.7 Å². The largest absolute Gasteiger partial charge is 0.379 e. The molecule has 0 amide bonds. The molecular weight excluding hydrogens is 252 g/mol. The first-order valence-electron chi connectivity index (χ1n) is 6.80. The molecule has 0 fully saturated rings. The highest BCUT2D eigenvalue weighted by molar-refractivity contribution is 5.28. The molecule has 0 bridgehead atoms. The summed E-state index contributed by atoms with van der Waals surface area (Å²) in [5.74, 6) is 0. The summed E-state index contributed by atoms with van der Waals surface area (Å²) in [5, 5.41) is 8.71. The number of hydrogen-bond donors (Lipinski definition) is 1. The molecule has 0 spiro atoms. The zero-order valence-corrected chi connectivity index (χ0v) is 12.3. The van der Waals surface area contributed by atoms with Gasteiger partial charge in [0.25, 0.3) is 0 Å². The highest BCUT2D eigenvalue weighted by Gasteiger charge is 2.19. The molecule has 0 aliphatic heterocycles. The van der Waals surface area contributed by atoms with Crippen molar-refractivity contribution in [3.63, 3.8) is 0 Å². The Balaban J connectivity index is 2.02. The van der Waals surface area contributed by atoms with Crippen molar-refractivity contribution in [3.05, 3.63) is 42.2 Å². The van der Waals surface area contributed by atoms with Crippen molar-refractivity contribution in [2.45, 2.75) is 38.3 Å². The van der Waals surface area contributed by atoms with Gasteiger partial charge >= 0.3 is 0 Å². The van der Waals surface area contributed by atoms with E-state index in [1.807, 2.05) is 30.3 Å². The molecule has 2 aromatic rings. The van der Waals surface area contributed by atoms with E-state index in [1.54, 1.807) is 18.1 Å². The Morgan fingerprint density at radius 3 is 2.65 bits per heavy atom. The molecule has 20 heavy (non-hydrogen) atoms. The van der Waals surface area contributed by atoms with Crippen LogP contribution in [0.25, 0.3) is 5.69 Å². The fourth-order valence-corrected chi connectivity index (χ4v) is 1.88. The van der Waals surface area contributed by atoms with E-state index in [9.17, 15) is 0 Å². The van der Waals surface area contributed by atoms with E-state index in [0.717, 1.165) is 24.2 Å². The van der Waals surface area contributed by atoms with E-state index >= 15 is 0 Å². The predicted octanol–water partition coefficient (Wildman–Crippen LogP) is 2.47. The van der Waals surface area contributed by atoms with Gasteiger partial charge in [-0.25, -0.2) is 0 Å². The number of ether oxygens (including phenoxy) is 1. The summed E-state index contributed by atoms with van der Waals surface area (Å²) < 4.78 is 5.40. The maximum Gasteiger partial charge on any atom is 0.0998 e. The predicted molar refractivity (Wildman–Crippen MR) is 78.6 cm³/mol. The minimum Gasteiger partial charge on any atom is -0.379 e. The fraction of sp³-hybridized carbons (Fsp3) is 0.467. The Morgan fingerprint density at radius 2 is 2.00 bits per heavy atom. The molecule has 5 nitrogen and oxygen atoms in total. The van der Waals surface area contributed by atoms with Crippen LogP contribution in [0.2, 0.25) is 0 Å². The summed E-state index contributed by atoms with van der Waals surface area (Å²) in [6.07, 6.45) is 3.43. The number of rotatable bonds is 6. The molecule has 2 N–H and O–H groups in total. The third-order valence-corrected chi connectivity index (χ3v) is 3.49. The third kappa shape index (κ3) is 3.65. The number of nitrogens with zero attached hydrogens (tertiary/aromatic N) is 3. The van der Waals surface area contributed by atoms with Gasteiger partial charge in [-0.1, -0.05) is 18.2 Å². The number of benzene rings is 1. The van der Waals surface area contributed by atoms with E-state index < -0.39 is 0 Å². The van der Waals surface area contributed by atoms with E-state index in [-0.39, 0.29) is 11.6 Å². The smallest absolute Gasteiger partial charge is 0.0998 e. The quantitative estimate of drug-likeness (QED) is 0.878. The molecule has 0 aliphatic carbocycles. The van der Waals surface area contributed by atoms with Crippen LogP contribution in [0, 0.1) is 0 Å². The van der Waals surface area contributed by atoms with Crippen LogP contribution in [-0.2, 0) is 4.74 Å². The molecule has 5 heteroatoms. The highest BCUT2D eigenvalue weighted by atomic mass is 16.5. The van der Waals surface area contributed by atoms with Gasteiger partial charge in [0.2, 0.25) is 0 Å². The summed E-state index contributed by atoms with van der Waals surface area (Å²) in [4.78, 5) is 1.61. The van der Waals surface area contributed by atoms with E-state index in [4.69, 9.17) is 10.5 Å². The second-order valence-corrected chi connectivity index (χ2v) is 5.50. The summed E-state index contributed by atoms with van der Waals surface area (Å²) in [6, 6.07) is 9.68. The molecular formula is C15H22N4O. The van der Waals surface area contributed by atoms with Gasteiger partial charge in [0.05, 0.1) is 29.2 Å². The Bertz CT molecular complexity index is 536. The second-order valence-electron chi connectivity index (χ2n) is 5.50. The average molecular weight is 274 g/mol. The van der Waals surface area contributed by atoms with Gasteiger partial charge in [0.1, 0.15) is 0 Å². The van der Waals surface area contributed by atoms with Crippen LogP contribution in [0.15, 0.2) is 36.5 Å². The molecule has 1 atom stereocenters. The van der Waals surface area contributed by atoms with Crippen molar-refractivity contribution in [2.24, 2.45) is 5.73 Å². The molecule has 1 aromatic carbocycles. The van der Waals surface area contributed by atoms with E-state index in [0.29, 0.717) is 0 Å². The number of hydrogen-bond acceptors (Lipinski definition) is 4. The molecule has 2 rings (SSSR count). The van der Waals surface area contributed by atoms with Crippen LogP contribution in [0.3, 0.4) is 0 Å². The van der Waals surface area contributed by atoms with Crippen molar-refractivity contribution in [2.75, 3.05) is 7.11 Å². The van der Waals surface area contributed by atoms with Crippen LogP contribution in [0.1, 0.15) is 38.4 Å². The fourth-order valence-electron chi connectivity index (χ4n) is 1.88. The topological polar surface area (TPSA) is 66.0 Å². The van der Waals surface area contributed by atoms with Crippen LogP contribution in [0.4, 0.5) is 0 Å². The number of methoxy groups -OCH3 is 1. The lowest BCUT2D eigenvalue weighted by molar-refractivity contribution is 0.0124. The van der Waals surface area contributed by atoms with Gasteiger partial charge in [-0.05, 0) is 38.8 Å². The van der Waals surface area contributed by atoms with Gasteiger partial charge < -0.3 is 10.5 Å². The van der Waals surface area contributed by atoms with Gasteiger partial charge in [-0.3, -0.25) is 0 Å². The van der Waals surface area contributed by atoms with Crippen molar-refractivity contribution >= 4 is 0 Å². The first-order chi connectivity index (χ1) is 9.52. The minimum atomic E-state index is -0.160. The lowest BCUT2D eigenvalue weighted by atomic mass is 9.98. The average Bonchev–Trinajstić information content (AvgIpc) is 2.96. The Kier molecular flexibility index (Phi) is 4.52. The molecule has 0 aliphatic rings. The van der Waals surface area contributed by atoms with Crippen molar-refractivity contribution in [1.82, 2.24) is 15.0 Å². The minimum absolute atomic E-state index is 0.123. The summed E-state index contributed by atoms with van der Waals surface area (Å²) >= 11 is 0.